The summed E-state index contributed by atoms with van der Waals surface area (Å²) in [7, 11) is 0. The van der Waals surface area contributed by atoms with Crippen LogP contribution in [-0.4, -0.2) is 23.1 Å². The van der Waals surface area contributed by atoms with Crippen molar-refractivity contribution in [3.05, 3.63) is 59.3 Å². The lowest BCUT2D eigenvalue weighted by Gasteiger charge is -2.09. The van der Waals surface area contributed by atoms with Crippen molar-refractivity contribution < 1.29 is 9.59 Å². The number of aromatic nitrogens is 1. The summed E-state index contributed by atoms with van der Waals surface area (Å²) >= 11 is 0. The highest BCUT2D eigenvalue weighted by Crippen LogP contribution is 2.33. The van der Waals surface area contributed by atoms with Crippen molar-refractivity contribution in [3.63, 3.8) is 0 Å². The van der Waals surface area contributed by atoms with Gasteiger partial charge in [-0.25, -0.2) is 4.98 Å². The number of anilines is 1. The quantitative estimate of drug-likeness (QED) is 0.868. The van der Waals surface area contributed by atoms with Gasteiger partial charge in [0, 0.05) is 17.7 Å². The molecule has 0 unspecified atom stereocenters. The molecule has 0 radical (unpaired) electrons. The Kier molecular flexibility index (Phi) is 3.06. The molecule has 0 atom stereocenters. The number of hydrogen-bond donors (Lipinski definition) is 1. The van der Waals surface area contributed by atoms with Gasteiger partial charge in [0.05, 0.1) is 5.69 Å². The summed E-state index contributed by atoms with van der Waals surface area (Å²) in [4.78, 5) is 29.2. The van der Waals surface area contributed by atoms with Crippen LogP contribution >= 0.6 is 0 Å². The minimum Gasteiger partial charge on any atom is -0.370 e. The molecular formula is C16H14N2O2. The average Bonchev–Trinajstić information content (AvgIpc) is 2.72. The van der Waals surface area contributed by atoms with E-state index < -0.39 is 5.92 Å². The number of carbonyl (C=O) groups excluding carboxylic acids is 2. The van der Waals surface area contributed by atoms with Crippen LogP contribution in [0.1, 0.15) is 39.3 Å². The number of nitrogens with zero attached hydrogens (tertiary/aromatic N) is 1. The Bertz CT molecular complexity index is 659. The number of ketones is 2. The molecule has 2 aromatic rings. The second-order valence-electron chi connectivity index (χ2n) is 4.69. The molecule has 20 heavy (non-hydrogen) atoms. The van der Waals surface area contributed by atoms with Gasteiger partial charge >= 0.3 is 0 Å². The van der Waals surface area contributed by atoms with Crippen LogP contribution in [0.15, 0.2) is 42.5 Å². The zero-order valence-electron chi connectivity index (χ0n) is 11.1. The van der Waals surface area contributed by atoms with Crippen LogP contribution in [0.5, 0.6) is 0 Å². The van der Waals surface area contributed by atoms with E-state index in [0.29, 0.717) is 22.6 Å². The Labute approximate surface area is 116 Å². The van der Waals surface area contributed by atoms with Gasteiger partial charge in [0.15, 0.2) is 11.6 Å². The van der Waals surface area contributed by atoms with E-state index >= 15 is 0 Å². The van der Waals surface area contributed by atoms with Gasteiger partial charge in [0.2, 0.25) is 0 Å². The van der Waals surface area contributed by atoms with Gasteiger partial charge in [-0.2, -0.15) is 0 Å². The standard InChI is InChI=1S/C16H14N2O2/c1-2-17-13-9-5-8-12(18-13)14-15(19)10-6-3-4-7-11(10)16(14)20/h3-9,14H,2H2,1H3,(H,17,18). The van der Waals surface area contributed by atoms with Gasteiger partial charge in [-0.15, -0.1) is 0 Å². The first kappa shape index (κ1) is 12.5. The average molecular weight is 266 g/mol. The second kappa shape index (κ2) is 4.89. The number of carbonyl (C=O) groups is 2. The molecule has 1 heterocycles. The largest absolute Gasteiger partial charge is 0.370 e. The van der Waals surface area contributed by atoms with Gasteiger partial charge in [-0.05, 0) is 19.1 Å². The lowest BCUT2D eigenvalue weighted by molar-refractivity contribution is 0.0888. The number of rotatable bonds is 3. The normalized spacial score (nSPS) is 14.4. The highest BCUT2D eigenvalue weighted by Gasteiger charge is 2.40. The summed E-state index contributed by atoms with van der Waals surface area (Å²) in [6.45, 7) is 2.71. The van der Waals surface area contributed by atoms with E-state index in [9.17, 15) is 9.59 Å². The lowest BCUT2D eigenvalue weighted by atomic mass is 9.99. The molecule has 0 saturated carbocycles. The first-order valence-electron chi connectivity index (χ1n) is 6.60. The molecule has 4 nitrogen and oxygen atoms in total. The van der Waals surface area contributed by atoms with Gasteiger partial charge in [-0.1, -0.05) is 30.3 Å². The van der Waals surface area contributed by atoms with E-state index in [4.69, 9.17) is 0 Å². The molecule has 1 N–H and O–H groups in total. The van der Waals surface area contributed by atoms with Crippen LogP contribution in [-0.2, 0) is 0 Å². The summed E-state index contributed by atoms with van der Waals surface area (Å²) in [6.07, 6.45) is 0. The van der Waals surface area contributed by atoms with Gasteiger partial charge in [-0.3, -0.25) is 9.59 Å². The molecule has 1 aromatic carbocycles. The third-order valence-electron chi connectivity index (χ3n) is 3.41. The summed E-state index contributed by atoms with van der Waals surface area (Å²) < 4.78 is 0. The van der Waals surface area contributed by atoms with Crippen LogP contribution in [0.2, 0.25) is 0 Å². The van der Waals surface area contributed by atoms with Gasteiger partial charge in [0.25, 0.3) is 0 Å². The molecule has 0 bridgehead atoms. The van der Waals surface area contributed by atoms with E-state index in [1.54, 1.807) is 30.3 Å². The Morgan fingerprint density at radius 2 is 1.65 bits per heavy atom. The van der Waals surface area contributed by atoms with Crippen LogP contribution in [0, 0.1) is 0 Å². The van der Waals surface area contributed by atoms with Gasteiger partial charge in [0.1, 0.15) is 11.7 Å². The molecule has 1 aromatic heterocycles. The molecule has 0 aliphatic heterocycles. The minimum absolute atomic E-state index is 0.160. The Balaban J connectivity index is 2.02. The molecular weight excluding hydrogens is 252 g/mol. The van der Waals surface area contributed by atoms with Crippen LogP contribution in [0.25, 0.3) is 0 Å². The van der Waals surface area contributed by atoms with Crippen LogP contribution in [0.3, 0.4) is 0 Å². The molecule has 0 spiro atoms. The highest BCUT2D eigenvalue weighted by atomic mass is 16.2. The molecule has 0 amide bonds. The summed E-state index contributed by atoms with van der Waals surface area (Å²) in [5.74, 6) is -0.439. The fraction of sp³-hybridized carbons (Fsp3) is 0.188. The fourth-order valence-electron chi connectivity index (χ4n) is 2.50. The second-order valence-corrected chi connectivity index (χ2v) is 4.69. The van der Waals surface area contributed by atoms with Crippen LogP contribution in [0.4, 0.5) is 5.82 Å². The topological polar surface area (TPSA) is 59.1 Å². The number of fused-ring (bicyclic) bond motifs is 1. The maximum absolute atomic E-state index is 12.4. The monoisotopic (exact) mass is 266 g/mol. The van der Waals surface area contributed by atoms with E-state index in [1.807, 2.05) is 19.1 Å². The summed E-state index contributed by atoms with van der Waals surface area (Å²) in [5, 5.41) is 3.09. The highest BCUT2D eigenvalue weighted by molar-refractivity contribution is 6.29. The molecule has 0 saturated heterocycles. The number of Topliss-reactive ketones (excluding diaryl/α,β-unsaturated/α-hetero) is 2. The number of nitrogens with one attached hydrogen (secondary N) is 1. The van der Waals surface area contributed by atoms with E-state index in [1.165, 1.54) is 0 Å². The predicted molar refractivity (Wildman–Crippen MR) is 76.2 cm³/mol. The van der Waals surface area contributed by atoms with Gasteiger partial charge < -0.3 is 5.32 Å². The summed E-state index contributed by atoms with van der Waals surface area (Å²) in [6, 6.07) is 12.3. The SMILES string of the molecule is CCNc1cccc(C2C(=O)c3ccccc3C2=O)n1. The third-order valence-corrected chi connectivity index (χ3v) is 3.41. The lowest BCUT2D eigenvalue weighted by Crippen LogP contribution is -2.15. The van der Waals surface area contributed by atoms with Crippen molar-refractivity contribution in [1.82, 2.24) is 4.98 Å². The van der Waals surface area contributed by atoms with Crippen LogP contribution < -0.4 is 5.32 Å². The Hall–Kier alpha value is -2.49. The maximum Gasteiger partial charge on any atom is 0.180 e. The van der Waals surface area contributed by atoms with Crippen molar-refractivity contribution in [3.8, 4) is 0 Å². The number of hydrogen-bond acceptors (Lipinski definition) is 4. The van der Waals surface area contributed by atoms with Crippen molar-refractivity contribution in [2.45, 2.75) is 12.8 Å². The molecule has 1 aliphatic rings. The van der Waals surface area contributed by atoms with E-state index in [-0.39, 0.29) is 11.6 Å². The summed E-state index contributed by atoms with van der Waals surface area (Å²) in [5.41, 5.74) is 1.51. The van der Waals surface area contributed by atoms with Crippen molar-refractivity contribution in [1.29, 1.82) is 0 Å². The smallest absolute Gasteiger partial charge is 0.180 e. The molecule has 3 rings (SSSR count). The van der Waals surface area contributed by atoms with E-state index in [0.717, 1.165) is 6.54 Å². The fourth-order valence-corrected chi connectivity index (χ4v) is 2.50. The van der Waals surface area contributed by atoms with Crippen molar-refractivity contribution in [2.75, 3.05) is 11.9 Å². The van der Waals surface area contributed by atoms with Crippen molar-refractivity contribution >= 4 is 17.4 Å². The molecule has 1 aliphatic carbocycles. The maximum atomic E-state index is 12.4. The van der Waals surface area contributed by atoms with Crippen molar-refractivity contribution in [2.24, 2.45) is 0 Å². The first-order chi connectivity index (χ1) is 9.72. The Morgan fingerprint density at radius 3 is 2.25 bits per heavy atom. The molecule has 0 fully saturated rings. The Morgan fingerprint density at radius 1 is 1.00 bits per heavy atom. The number of benzene rings is 1. The third kappa shape index (κ3) is 1.90. The zero-order chi connectivity index (χ0) is 14.1. The molecule has 100 valence electrons. The first-order valence-corrected chi connectivity index (χ1v) is 6.60. The number of pyridine rings is 1. The minimum atomic E-state index is -0.800. The van der Waals surface area contributed by atoms with E-state index in [2.05, 4.69) is 10.3 Å². The predicted octanol–water partition coefficient (Wildman–Crippen LogP) is 2.68. The zero-order valence-corrected chi connectivity index (χ0v) is 11.1. The molecule has 4 heteroatoms.